The van der Waals surface area contributed by atoms with Gasteiger partial charge in [0.15, 0.2) is 0 Å². The molecule has 0 radical (unpaired) electrons. The van der Waals surface area contributed by atoms with E-state index in [1.165, 1.54) is 11.0 Å². The highest BCUT2D eigenvalue weighted by molar-refractivity contribution is 6.30. The number of rotatable bonds is 5. The molecule has 0 aliphatic carbocycles. The molecule has 128 valence electrons. The van der Waals surface area contributed by atoms with Crippen LogP contribution in [0.15, 0.2) is 59.4 Å². The highest BCUT2D eigenvalue weighted by atomic mass is 35.5. The number of amides is 1. The molecule has 25 heavy (non-hydrogen) atoms. The van der Waals surface area contributed by atoms with Crippen molar-refractivity contribution in [3.05, 3.63) is 75.5 Å². The van der Waals surface area contributed by atoms with Crippen molar-refractivity contribution in [3.63, 3.8) is 0 Å². The maximum Gasteiger partial charge on any atom is 0.254 e. The number of nitrogens with zero attached hydrogens (tertiary/aromatic N) is 1. The first kappa shape index (κ1) is 17.0. The average molecular weight is 357 g/mol. The van der Waals surface area contributed by atoms with Crippen molar-refractivity contribution in [2.75, 3.05) is 20.2 Å². The molecule has 0 saturated carbocycles. The quantitative estimate of drug-likeness (QED) is 0.762. The molecule has 0 saturated heterocycles. The highest BCUT2D eigenvalue weighted by Gasteiger charge is 2.16. The van der Waals surface area contributed by atoms with E-state index in [1.54, 1.807) is 37.4 Å². The maximum atomic E-state index is 12.7. The van der Waals surface area contributed by atoms with E-state index < -0.39 is 0 Å². The van der Waals surface area contributed by atoms with E-state index in [-0.39, 0.29) is 11.5 Å². The number of carbonyl (C=O) groups excluding carboxylic acids is 1. The molecule has 3 aromatic rings. The number of carbonyl (C=O) groups is 1. The van der Waals surface area contributed by atoms with Crippen LogP contribution in [0.25, 0.3) is 10.9 Å². The van der Waals surface area contributed by atoms with Crippen LogP contribution in [0.2, 0.25) is 5.02 Å². The molecule has 0 bridgehead atoms. The predicted octanol–water partition coefficient (Wildman–Crippen LogP) is 3.33. The van der Waals surface area contributed by atoms with E-state index in [0.29, 0.717) is 35.0 Å². The molecule has 0 atom stereocenters. The smallest absolute Gasteiger partial charge is 0.254 e. The van der Waals surface area contributed by atoms with Gasteiger partial charge in [-0.05, 0) is 24.3 Å². The normalized spacial score (nSPS) is 10.6. The maximum absolute atomic E-state index is 12.7. The summed E-state index contributed by atoms with van der Waals surface area (Å²) >= 11 is 5.91. The molecule has 0 aliphatic rings. The van der Waals surface area contributed by atoms with Gasteiger partial charge in [-0.3, -0.25) is 9.59 Å². The number of hydrogen-bond donors (Lipinski definition) is 1. The van der Waals surface area contributed by atoms with Gasteiger partial charge in [-0.1, -0.05) is 35.9 Å². The number of aromatic amines is 1. The van der Waals surface area contributed by atoms with Crippen molar-refractivity contribution in [2.24, 2.45) is 0 Å². The van der Waals surface area contributed by atoms with Crippen LogP contribution in [-0.2, 0) is 0 Å². The summed E-state index contributed by atoms with van der Waals surface area (Å²) in [4.78, 5) is 28.8. The van der Waals surface area contributed by atoms with Crippen LogP contribution in [0.4, 0.5) is 0 Å². The number of para-hydroxylation sites is 1. The van der Waals surface area contributed by atoms with E-state index in [1.807, 2.05) is 18.2 Å². The van der Waals surface area contributed by atoms with Crippen LogP contribution in [-0.4, -0.2) is 36.0 Å². The number of ether oxygens (including phenoxy) is 1. The van der Waals surface area contributed by atoms with Gasteiger partial charge in [0.2, 0.25) is 5.56 Å². The Kier molecular flexibility index (Phi) is 5.05. The number of fused-ring (bicyclic) bond motifs is 1. The van der Waals surface area contributed by atoms with Gasteiger partial charge in [-0.25, -0.2) is 0 Å². The zero-order chi connectivity index (χ0) is 17.8. The number of H-pyrrole nitrogens is 1. The minimum absolute atomic E-state index is 0.225. The molecule has 0 unspecified atom stereocenters. The van der Waals surface area contributed by atoms with Crippen LogP contribution in [0, 0.1) is 0 Å². The zero-order valence-corrected chi connectivity index (χ0v) is 14.4. The van der Waals surface area contributed by atoms with Crippen molar-refractivity contribution in [1.82, 2.24) is 9.88 Å². The van der Waals surface area contributed by atoms with Crippen molar-refractivity contribution in [3.8, 4) is 5.75 Å². The van der Waals surface area contributed by atoms with Gasteiger partial charge in [0.05, 0.1) is 12.1 Å². The Morgan fingerprint density at radius 2 is 1.96 bits per heavy atom. The second kappa shape index (κ2) is 7.40. The van der Waals surface area contributed by atoms with Crippen LogP contribution >= 0.6 is 11.6 Å². The standard InChI is InChI=1S/C19H17ClN2O3/c1-22(9-10-25-14-6-4-5-13(20)11-14)19(24)16-12-18(23)21-17-8-3-2-7-15(16)17/h2-8,11-12H,9-10H2,1H3,(H,21,23). The van der Waals surface area contributed by atoms with Gasteiger partial charge in [-0.15, -0.1) is 0 Å². The summed E-state index contributed by atoms with van der Waals surface area (Å²) < 4.78 is 5.61. The molecule has 3 rings (SSSR count). The largest absolute Gasteiger partial charge is 0.492 e. The van der Waals surface area contributed by atoms with Crippen molar-refractivity contribution in [1.29, 1.82) is 0 Å². The molecule has 1 heterocycles. The first-order valence-corrected chi connectivity index (χ1v) is 8.18. The number of likely N-dealkylation sites (N-methyl/N-ethyl adjacent to an activating group) is 1. The third kappa shape index (κ3) is 4.00. The molecule has 5 nitrogen and oxygen atoms in total. The Hall–Kier alpha value is -2.79. The van der Waals surface area contributed by atoms with Crippen LogP contribution in [0.5, 0.6) is 5.75 Å². The lowest BCUT2D eigenvalue weighted by Gasteiger charge is -2.18. The average Bonchev–Trinajstić information content (AvgIpc) is 2.60. The molecule has 0 spiro atoms. The van der Waals surface area contributed by atoms with Crippen LogP contribution in [0.3, 0.4) is 0 Å². The highest BCUT2D eigenvalue weighted by Crippen LogP contribution is 2.18. The second-order valence-electron chi connectivity index (χ2n) is 5.63. The molecule has 0 aliphatic heterocycles. The monoisotopic (exact) mass is 356 g/mol. The van der Waals surface area contributed by atoms with E-state index in [2.05, 4.69) is 4.98 Å². The van der Waals surface area contributed by atoms with Crippen molar-refractivity contribution < 1.29 is 9.53 Å². The third-order valence-corrected chi connectivity index (χ3v) is 4.05. The SMILES string of the molecule is CN(CCOc1cccc(Cl)c1)C(=O)c1cc(=O)[nH]c2ccccc12. The predicted molar refractivity (Wildman–Crippen MR) is 98.5 cm³/mol. The van der Waals surface area contributed by atoms with E-state index in [9.17, 15) is 9.59 Å². The minimum Gasteiger partial charge on any atom is -0.492 e. The first-order chi connectivity index (χ1) is 12.0. The van der Waals surface area contributed by atoms with Gasteiger partial charge in [0.1, 0.15) is 12.4 Å². The topological polar surface area (TPSA) is 62.4 Å². The van der Waals surface area contributed by atoms with Gasteiger partial charge in [0.25, 0.3) is 5.91 Å². The number of nitrogens with one attached hydrogen (secondary N) is 1. The van der Waals surface area contributed by atoms with Crippen LogP contribution < -0.4 is 10.3 Å². The van der Waals surface area contributed by atoms with E-state index >= 15 is 0 Å². The molecule has 2 aromatic carbocycles. The number of pyridine rings is 1. The fourth-order valence-electron chi connectivity index (χ4n) is 2.55. The summed E-state index contributed by atoms with van der Waals surface area (Å²) in [5, 5.41) is 1.31. The Morgan fingerprint density at radius 1 is 1.16 bits per heavy atom. The number of aromatic nitrogens is 1. The molecular weight excluding hydrogens is 340 g/mol. The van der Waals surface area contributed by atoms with Gasteiger partial charge < -0.3 is 14.6 Å². The molecule has 1 aromatic heterocycles. The lowest BCUT2D eigenvalue weighted by molar-refractivity contribution is 0.0775. The summed E-state index contributed by atoms with van der Waals surface area (Å²) in [6.45, 7) is 0.705. The number of halogens is 1. The third-order valence-electron chi connectivity index (χ3n) is 3.82. The number of hydrogen-bond acceptors (Lipinski definition) is 3. The van der Waals surface area contributed by atoms with Crippen molar-refractivity contribution >= 4 is 28.4 Å². The van der Waals surface area contributed by atoms with Crippen molar-refractivity contribution in [2.45, 2.75) is 0 Å². The molecular formula is C19H17ClN2O3. The Morgan fingerprint density at radius 3 is 2.76 bits per heavy atom. The first-order valence-electron chi connectivity index (χ1n) is 7.80. The lowest BCUT2D eigenvalue weighted by Crippen LogP contribution is -2.31. The van der Waals surface area contributed by atoms with E-state index in [0.717, 1.165) is 5.39 Å². The second-order valence-corrected chi connectivity index (χ2v) is 6.06. The molecule has 0 fully saturated rings. The Bertz CT molecular complexity index is 968. The summed E-state index contributed by atoms with van der Waals surface area (Å²) in [5.74, 6) is 0.423. The Balaban J connectivity index is 1.71. The summed E-state index contributed by atoms with van der Waals surface area (Å²) in [6, 6.07) is 15.7. The fourth-order valence-corrected chi connectivity index (χ4v) is 2.73. The van der Waals surface area contributed by atoms with Gasteiger partial charge in [0, 0.05) is 29.0 Å². The van der Waals surface area contributed by atoms with Gasteiger partial charge >= 0.3 is 0 Å². The number of benzene rings is 2. The van der Waals surface area contributed by atoms with Crippen LogP contribution in [0.1, 0.15) is 10.4 Å². The van der Waals surface area contributed by atoms with E-state index in [4.69, 9.17) is 16.3 Å². The summed E-state index contributed by atoms with van der Waals surface area (Å²) in [7, 11) is 1.68. The molecule has 1 N–H and O–H groups in total. The zero-order valence-electron chi connectivity index (χ0n) is 13.7. The minimum atomic E-state index is -0.300. The summed E-state index contributed by atoms with van der Waals surface area (Å²) in [6.07, 6.45) is 0. The summed E-state index contributed by atoms with van der Waals surface area (Å²) in [5.41, 5.74) is 0.720. The molecule has 6 heteroatoms. The molecule has 1 amide bonds. The lowest BCUT2D eigenvalue weighted by atomic mass is 10.1. The fraction of sp³-hybridized carbons (Fsp3) is 0.158. The Labute approximate surface area is 149 Å². The van der Waals surface area contributed by atoms with Gasteiger partial charge in [-0.2, -0.15) is 0 Å².